The molecule has 2 heterocycles. The van der Waals surface area contributed by atoms with Crippen LogP contribution in [0.1, 0.15) is 22.0 Å². The van der Waals surface area contributed by atoms with Gasteiger partial charge in [0.05, 0.1) is 0 Å². The third-order valence-electron chi connectivity index (χ3n) is 2.81. The summed E-state index contributed by atoms with van der Waals surface area (Å²) in [5.74, 6) is -0.300. The molecule has 0 radical (unpaired) electrons. The average Bonchev–Trinajstić information content (AvgIpc) is 3.12. The molecule has 0 saturated carbocycles. The molecule has 0 aliphatic heterocycles. The van der Waals surface area contributed by atoms with E-state index in [1.54, 1.807) is 24.3 Å². The SMILES string of the molecule is Cc1nnc(-n2nnc(C#N)c2/C=C/c2ccc(F)cc2)s1. The van der Waals surface area contributed by atoms with E-state index >= 15 is 0 Å². The van der Waals surface area contributed by atoms with Crippen molar-refractivity contribution in [3.05, 3.63) is 52.0 Å². The van der Waals surface area contributed by atoms with Gasteiger partial charge in [0, 0.05) is 0 Å². The van der Waals surface area contributed by atoms with Gasteiger partial charge in [-0.15, -0.1) is 15.3 Å². The highest BCUT2D eigenvalue weighted by molar-refractivity contribution is 7.13. The third-order valence-corrected chi connectivity index (χ3v) is 3.63. The van der Waals surface area contributed by atoms with Crippen LogP contribution in [0.2, 0.25) is 0 Å². The predicted octanol–water partition coefficient (Wildman–Crippen LogP) is 2.61. The number of hydrogen-bond donors (Lipinski definition) is 0. The number of nitriles is 1. The molecule has 0 spiro atoms. The highest BCUT2D eigenvalue weighted by Gasteiger charge is 2.14. The fraction of sp³-hybridized carbons (Fsp3) is 0.0714. The number of nitrogens with zero attached hydrogens (tertiary/aromatic N) is 6. The molecule has 6 nitrogen and oxygen atoms in total. The van der Waals surface area contributed by atoms with E-state index in [-0.39, 0.29) is 11.5 Å². The number of rotatable bonds is 3. The Labute approximate surface area is 129 Å². The molecule has 3 aromatic rings. The van der Waals surface area contributed by atoms with Gasteiger partial charge >= 0.3 is 0 Å². The molecule has 3 rings (SSSR count). The first-order valence-electron chi connectivity index (χ1n) is 6.27. The first-order valence-corrected chi connectivity index (χ1v) is 7.09. The normalized spacial score (nSPS) is 11.0. The van der Waals surface area contributed by atoms with Crippen LogP contribution in [0.25, 0.3) is 17.3 Å². The number of hydrogen-bond acceptors (Lipinski definition) is 6. The van der Waals surface area contributed by atoms with E-state index in [0.29, 0.717) is 10.8 Å². The van der Waals surface area contributed by atoms with Gasteiger partial charge in [0.1, 0.15) is 22.6 Å². The minimum Gasteiger partial charge on any atom is -0.207 e. The topological polar surface area (TPSA) is 80.3 Å². The summed E-state index contributed by atoms with van der Waals surface area (Å²) in [6, 6.07) is 8.01. The molecule has 0 N–H and O–H groups in total. The predicted molar refractivity (Wildman–Crippen MR) is 79.6 cm³/mol. The van der Waals surface area contributed by atoms with Crippen LogP contribution in [0.15, 0.2) is 24.3 Å². The lowest BCUT2D eigenvalue weighted by atomic mass is 10.2. The Morgan fingerprint density at radius 3 is 2.59 bits per heavy atom. The maximum atomic E-state index is 12.9. The number of aromatic nitrogens is 5. The first kappa shape index (κ1) is 14.0. The zero-order valence-corrected chi connectivity index (χ0v) is 12.3. The van der Waals surface area contributed by atoms with Gasteiger partial charge in [-0.2, -0.15) is 9.94 Å². The summed E-state index contributed by atoms with van der Waals surface area (Å²) >= 11 is 1.35. The molecular weight excluding hydrogens is 303 g/mol. The van der Waals surface area contributed by atoms with Crippen molar-refractivity contribution >= 4 is 23.5 Å². The van der Waals surface area contributed by atoms with Gasteiger partial charge in [-0.1, -0.05) is 34.8 Å². The molecule has 0 amide bonds. The Morgan fingerprint density at radius 1 is 1.18 bits per heavy atom. The molecule has 8 heteroatoms. The maximum Gasteiger partial charge on any atom is 0.234 e. The molecule has 22 heavy (non-hydrogen) atoms. The van der Waals surface area contributed by atoms with E-state index in [0.717, 1.165) is 10.6 Å². The molecule has 0 aliphatic carbocycles. The van der Waals surface area contributed by atoms with Crippen molar-refractivity contribution in [3.8, 4) is 11.2 Å². The van der Waals surface area contributed by atoms with Crippen molar-refractivity contribution in [2.45, 2.75) is 6.92 Å². The zero-order valence-electron chi connectivity index (χ0n) is 11.4. The molecule has 0 aliphatic rings. The van der Waals surface area contributed by atoms with Crippen LogP contribution in [0.5, 0.6) is 0 Å². The van der Waals surface area contributed by atoms with Crippen LogP contribution in [0.3, 0.4) is 0 Å². The largest absolute Gasteiger partial charge is 0.234 e. The highest BCUT2D eigenvalue weighted by atomic mass is 32.1. The van der Waals surface area contributed by atoms with E-state index in [2.05, 4.69) is 20.5 Å². The Balaban J connectivity index is 2.00. The van der Waals surface area contributed by atoms with E-state index in [9.17, 15) is 4.39 Å². The second kappa shape index (κ2) is 5.83. The summed E-state index contributed by atoms with van der Waals surface area (Å²) in [6.07, 6.45) is 3.45. The van der Waals surface area contributed by atoms with Crippen LogP contribution in [-0.2, 0) is 0 Å². The second-order valence-corrected chi connectivity index (χ2v) is 5.50. The average molecular weight is 312 g/mol. The highest BCUT2D eigenvalue weighted by Crippen LogP contribution is 2.18. The Kier molecular flexibility index (Phi) is 3.72. The van der Waals surface area contributed by atoms with Crippen molar-refractivity contribution in [1.82, 2.24) is 25.2 Å². The van der Waals surface area contributed by atoms with E-state index in [1.165, 1.54) is 28.2 Å². The van der Waals surface area contributed by atoms with Gasteiger partial charge in [0.25, 0.3) is 0 Å². The van der Waals surface area contributed by atoms with Crippen LogP contribution in [-0.4, -0.2) is 25.2 Å². The van der Waals surface area contributed by atoms with Crippen molar-refractivity contribution in [1.29, 1.82) is 5.26 Å². The third kappa shape index (κ3) is 2.75. The van der Waals surface area contributed by atoms with E-state index in [1.807, 2.05) is 13.0 Å². The fourth-order valence-electron chi connectivity index (χ4n) is 1.78. The Morgan fingerprint density at radius 2 is 1.95 bits per heavy atom. The van der Waals surface area contributed by atoms with Crippen LogP contribution < -0.4 is 0 Å². The number of benzene rings is 1. The summed E-state index contributed by atoms with van der Waals surface area (Å²) in [7, 11) is 0. The smallest absolute Gasteiger partial charge is 0.207 e. The van der Waals surface area contributed by atoms with Gasteiger partial charge in [-0.25, -0.2) is 4.39 Å². The van der Waals surface area contributed by atoms with Gasteiger partial charge in [-0.05, 0) is 30.7 Å². The van der Waals surface area contributed by atoms with Crippen LogP contribution in [0.4, 0.5) is 4.39 Å². The lowest BCUT2D eigenvalue weighted by Gasteiger charge is -1.97. The molecule has 0 unspecified atom stereocenters. The Hall–Kier alpha value is -2.92. The lowest BCUT2D eigenvalue weighted by molar-refractivity contribution is 0.628. The van der Waals surface area contributed by atoms with Crippen LogP contribution >= 0.6 is 11.3 Å². The van der Waals surface area contributed by atoms with Gasteiger partial charge in [0.15, 0.2) is 5.69 Å². The van der Waals surface area contributed by atoms with E-state index < -0.39 is 0 Å². The molecule has 0 fully saturated rings. The van der Waals surface area contributed by atoms with Gasteiger partial charge in [-0.3, -0.25) is 0 Å². The van der Waals surface area contributed by atoms with Gasteiger partial charge in [0.2, 0.25) is 5.13 Å². The lowest BCUT2D eigenvalue weighted by Crippen LogP contribution is -1.99. The second-order valence-electron chi connectivity index (χ2n) is 4.34. The quantitative estimate of drug-likeness (QED) is 0.742. The summed E-state index contributed by atoms with van der Waals surface area (Å²) in [6.45, 7) is 1.83. The molecule has 108 valence electrons. The fourth-order valence-corrected chi connectivity index (χ4v) is 2.43. The summed E-state index contributed by atoms with van der Waals surface area (Å²) < 4.78 is 14.4. The zero-order chi connectivity index (χ0) is 15.5. The first-order chi connectivity index (χ1) is 10.7. The Bertz CT molecular complexity index is 872. The number of halogens is 1. The minimum absolute atomic E-state index is 0.186. The van der Waals surface area contributed by atoms with Crippen molar-refractivity contribution in [2.75, 3.05) is 0 Å². The molecule has 2 aromatic heterocycles. The molecule has 0 saturated heterocycles. The monoisotopic (exact) mass is 312 g/mol. The summed E-state index contributed by atoms with van der Waals surface area (Å²) in [4.78, 5) is 0. The molecule has 1 aromatic carbocycles. The van der Waals surface area contributed by atoms with Crippen LogP contribution in [0, 0.1) is 24.1 Å². The summed E-state index contributed by atoms with van der Waals surface area (Å²) in [5.41, 5.74) is 1.49. The molecule has 0 atom stereocenters. The van der Waals surface area contributed by atoms with E-state index in [4.69, 9.17) is 5.26 Å². The number of aryl methyl sites for hydroxylation is 1. The van der Waals surface area contributed by atoms with Crippen molar-refractivity contribution in [3.63, 3.8) is 0 Å². The summed E-state index contributed by atoms with van der Waals surface area (Å²) in [5, 5.41) is 26.1. The van der Waals surface area contributed by atoms with Crippen molar-refractivity contribution < 1.29 is 4.39 Å². The maximum absolute atomic E-state index is 12.9. The molecular formula is C14H9FN6S. The van der Waals surface area contributed by atoms with Gasteiger partial charge < -0.3 is 0 Å². The molecule has 0 bridgehead atoms. The van der Waals surface area contributed by atoms with Crippen molar-refractivity contribution in [2.24, 2.45) is 0 Å². The standard InChI is InChI=1S/C14H9FN6S/c1-9-17-19-14(22-9)21-13(12(8-16)18-20-21)7-4-10-2-5-11(15)6-3-10/h2-7H,1H3/b7-4+. The minimum atomic E-state index is -0.300.